The highest BCUT2D eigenvalue weighted by Gasteiger charge is 2.35. The number of benzene rings is 1. The van der Waals surface area contributed by atoms with Crippen molar-refractivity contribution in [2.24, 2.45) is 0 Å². The average molecular weight is 282 g/mol. The summed E-state index contributed by atoms with van der Waals surface area (Å²) in [5.74, 6) is 0.148. The highest BCUT2D eigenvalue weighted by molar-refractivity contribution is 9.10. The molecule has 1 aliphatic rings. The second kappa shape index (κ2) is 4.21. The first kappa shape index (κ1) is 11.6. The van der Waals surface area contributed by atoms with E-state index in [2.05, 4.69) is 29.8 Å². The Morgan fingerprint density at radius 3 is 2.44 bits per heavy atom. The topological polar surface area (TPSA) is 20.3 Å². The fourth-order valence-electron chi connectivity index (χ4n) is 2.23. The maximum Gasteiger partial charge on any atom is 0.254 e. The standard InChI is InChI=1S/C13H16BrNO/c1-13(2)8-3-9-15(13)12(16)10-4-6-11(14)7-5-10/h4-7H,3,8-9H2,1-2H3. The molecular formula is C13H16BrNO. The van der Waals surface area contributed by atoms with Gasteiger partial charge in [0.25, 0.3) is 5.91 Å². The van der Waals surface area contributed by atoms with E-state index in [9.17, 15) is 4.79 Å². The van der Waals surface area contributed by atoms with Crippen LogP contribution in [-0.2, 0) is 0 Å². The highest BCUT2D eigenvalue weighted by Crippen LogP contribution is 2.29. The van der Waals surface area contributed by atoms with Crippen LogP contribution in [0, 0.1) is 0 Å². The summed E-state index contributed by atoms with van der Waals surface area (Å²) >= 11 is 3.38. The molecule has 0 saturated carbocycles. The van der Waals surface area contributed by atoms with Crippen molar-refractivity contribution in [3.8, 4) is 0 Å². The van der Waals surface area contributed by atoms with Gasteiger partial charge < -0.3 is 4.90 Å². The quantitative estimate of drug-likeness (QED) is 0.772. The van der Waals surface area contributed by atoms with Crippen LogP contribution in [0.25, 0.3) is 0 Å². The third-order valence-corrected chi connectivity index (χ3v) is 3.77. The molecule has 1 aromatic carbocycles. The van der Waals surface area contributed by atoms with Crippen molar-refractivity contribution >= 4 is 21.8 Å². The van der Waals surface area contributed by atoms with Crippen LogP contribution in [0.3, 0.4) is 0 Å². The molecule has 2 rings (SSSR count). The molecule has 2 nitrogen and oxygen atoms in total. The van der Waals surface area contributed by atoms with Gasteiger partial charge in [0.15, 0.2) is 0 Å². The predicted octanol–water partition coefficient (Wildman–Crippen LogP) is 3.46. The van der Waals surface area contributed by atoms with Gasteiger partial charge >= 0.3 is 0 Å². The number of hydrogen-bond acceptors (Lipinski definition) is 1. The Bertz CT molecular complexity index is 397. The van der Waals surface area contributed by atoms with E-state index in [4.69, 9.17) is 0 Å². The van der Waals surface area contributed by atoms with Gasteiger partial charge in [-0.3, -0.25) is 4.79 Å². The smallest absolute Gasteiger partial charge is 0.254 e. The van der Waals surface area contributed by atoms with Crippen molar-refractivity contribution in [3.63, 3.8) is 0 Å². The number of likely N-dealkylation sites (tertiary alicyclic amines) is 1. The Labute approximate surface area is 105 Å². The van der Waals surface area contributed by atoms with E-state index in [1.807, 2.05) is 29.2 Å². The van der Waals surface area contributed by atoms with E-state index in [-0.39, 0.29) is 11.4 Å². The first-order valence-electron chi connectivity index (χ1n) is 5.58. The molecule has 1 heterocycles. The Hall–Kier alpha value is -0.830. The third kappa shape index (κ3) is 2.14. The minimum atomic E-state index is 0.00412. The molecule has 86 valence electrons. The van der Waals surface area contributed by atoms with E-state index in [1.54, 1.807) is 0 Å². The molecule has 0 aromatic heterocycles. The highest BCUT2D eigenvalue weighted by atomic mass is 79.9. The number of carbonyl (C=O) groups is 1. The summed E-state index contributed by atoms with van der Waals surface area (Å²) in [6.07, 6.45) is 2.20. The molecule has 16 heavy (non-hydrogen) atoms. The number of carbonyl (C=O) groups excluding carboxylic acids is 1. The van der Waals surface area contributed by atoms with Crippen molar-refractivity contribution in [1.82, 2.24) is 4.90 Å². The van der Waals surface area contributed by atoms with Gasteiger partial charge in [0, 0.05) is 22.1 Å². The Morgan fingerprint density at radius 1 is 1.31 bits per heavy atom. The van der Waals surface area contributed by atoms with Crippen LogP contribution in [0.2, 0.25) is 0 Å². The van der Waals surface area contributed by atoms with E-state index in [1.165, 1.54) is 0 Å². The lowest BCUT2D eigenvalue weighted by Gasteiger charge is -2.31. The molecule has 0 spiro atoms. The molecule has 0 N–H and O–H groups in total. The zero-order chi connectivity index (χ0) is 11.8. The van der Waals surface area contributed by atoms with Crippen LogP contribution in [0.5, 0.6) is 0 Å². The number of halogens is 1. The molecule has 0 aliphatic carbocycles. The van der Waals surface area contributed by atoms with Gasteiger partial charge in [0.05, 0.1) is 0 Å². The van der Waals surface area contributed by atoms with Gasteiger partial charge in [-0.2, -0.15) is 0 Å². The zero-order valence-corrected chi connectivity index (χ0v) is 11.3. The molecule has 0 atom stereocenters. The summed E-state index contributed by atoms with van der Waals surface area (Å²) in [4.78, 5) is 14.3. The van der Waals surface area contributed by atoms with Gasteiger partial charge in [-0.25, -0.2) is 0 Å². The van der Waals surface area contributed by atoms with Crippen LogP contribution in [0.4, 0.5) is 0 Å². The van der Waals surface area contributed by atoms with E-state index >= 15 is 0 Å². The second-order valence-corrected chi connectivity index (χ2v) is 5.80. The molecule has 1 fully saturated rings. The Balaban J connectivity index is 2.22. The van der Waals surface area contributed by atoms with Crippen LogP contribution in [0.1, 0.15) is 37.0 Å². The van der Waals surface area contributed by atoms with Crippen molar-refractivity contribution in [2.75, 3.05) is 6.54 Å². The van der Waals surface area contributed by atoms with Crippen molar-refractivity contribution in [3.05, 3.63) is 34.3 Å². The minimum absolute atomic E-state index is 0.00412. The maximum absolute atomic E-state index is 12.3. The number of rotatable bonds is 1. The molecule has 1 saturated heterocycles. The third-order valence-electron chi connectivity index (χ3n) is 3.24. The maximum atomic E-state index is 12.3. The Morgan fingerprint density at radius 2 is 1.94 bits per heavy atom. The molecule has 0 radical (unpaired) electrons. The number of hydrogen-bond donors (Lipinski definition) is 0. The van der Waals surface area contributed by atoms with Gasteiger partial charge in [0.2, 0.25) is 0 Å². The largest absolute Gasteiger partial charge is 0.334 e. The van der Waals surface area contributed by atoms with Crippen molar-refractivity contribution < 1.29 is 4.79 Å². The van der Waals surface area contributed by atoms with Crippen LogP contribution >= 0.6 is 15.9 Å². The molecular weight excluding hydrogens is 266 g/mol. The first-order chi connectivity index (χ1) is 7.50. The van der Waals surface area contributed by atoms with Crippen LogP contribution < -0.4 is 0 Å². The summed E-state index contributed by atoms with van der Waals surface area (Å²) in [5.41, 5.74) is 0.780. The normalized spacial score (nSPS) is 18.8. The van der Waals surface area contributed by atoms with Crippen molar-refractivity contribution in [1.29, 1.82) is 0 Å². The van der Waals surface area contributed by atoms with Crippen LogP contribution in [0.15, 0.2) is 28.7 Å². The predicted molar refractivity (Wildman–Crippen MR) is 68.5 cm³/mol. The van der Waals surface area contributed by atoms with Crippen LogP contribution in [-0.4, -0.2) is 22.9 Å². The lowest BCUT2D eigenvalue weighted by molar-refractivity contribution is 0.0652. The van der Waals surface area contributed by atoms with Gasteiger partial charge in [-0.15, -0.1) is 0 Å². The molecule has 0 unspecified atom stereocenters. The average Bonchev–Trinajstić information content (AvgIpc) is 2.58. The molecule has 1 amide bonds. The molecule has 0 bridgehead atoms. The van der Waals surface area contributed by atoms with E-state index in [0.29, 0.717) is 0 Å². The summed E-state index contributed by atoms with van der Waals surface area (Å²) < 4.78 is 1.00. The number of nitrogens with zero attached hydrogens (tertiary/aromatic N) is 1. The molecule has 1 aliphatic heterocycles. The van der Waals surface area contributed by atoms with Gasteiger partial charge in [-0.1, -0.05) is 15.9 Å². The summed E-state index contributed by atoms with van der Waals surface area (Å²) in [6, 6.07) is 7.58. The zero-order valence-electron chi connectivity index (χ0n) is 9.66. The summed E-state index contributed by atoms with van der Waals surface area (Å²) in [6.45, 7) is 5.15. The summed E-state index contributed by atoms with van der Waals surface area (Å²) in [7, 11) is 0. The molecule has 3 heteroatoms. The minimum Gasteiger partial charge on any atom is -0.334 e. The lowest BCUT2D eigenvalue weighted by atomic mass is 10.0. The molecule has 1 aromatic rings. The monoisotopic (exact) mass is 281 g/mol. The SMILES string of the molecule is CC1(C)CCCN1C(=O)c1ccc(Br)cc1. The first-order valence-corrected chi connectivity index (χ1v) is 6.37. The van der Waals surface area contributed by atoms with Gasteiger partial charge in [0.1, 0.15) is 0 Å². The number of amides is 1. The fraction of sp³-hybridized carbons (Fsp3) is 0.462. The van der Waals surface area contributed by atoms with E-state index < -0.39 is 0 Å². The fourth-order valence-corrected chi connectivity index (χ4v) is 2.50. The Kier molecular flexibility index (Phi) is 3.06. The van der Waals surface area contributed by atoms with E-state index in [0.717, 1.165) is 29.4 Å². The summed E-state index contributed by atoms with van der Waals surface area (Å²) in [5, 5.41) is 0. The van der Waals surface area contributed by atoms with Crippen molar-refractivity contribution in [2.45, 2.75) is 32.2 Å². The second-order valence-electron chi connectivity index (χ2n) is 4.88. The van der Waals surface area contributed by atoms with Gasteiger partial charge in [-0.05, 0) is 51.0 Å². The lowest BCUT2D eigenvalue weighted by Crippen LogP contribution is -2.42.